The van der Waals surface area contributed by atoms with Crippen molar-refractivity contribution in [2.75, 3.05) is 7.11 Å². The first-order chi connectivity index (χ1) is 7.24. The molecule has 1 saturated carbocycles. The number of carbonyl (C=O) groups excluding carboxylic acids is 1. The van der Waals surface area contributed by atoms with Gasteiger partial charge in [0.2, 0.25) is 0 Å². The number of aliphatic hydroxyl groups excluding tert-OH is 1. The average Bonchev–Trinajstić information content (AvgIpc) is 2.29. The Labute approximate surface area is 91.8 Å². The van der Waals surface area contributed by atoms with Gasteiger partial charge in [-0.15, -0.1) is 0 Å². The van der Waals surface area contributed by atoms with Crippen LogP contribution in [0.2, 0.25) is 0 Å². The van der Waals surface area contributed by atoms with Crippen LogP contribution in [0, 0.1) is 5.92 Å². The first-order valence-electron chi connectivity index (χ1n) is 6.00. The summed E-state index contributed by atoms with van der Waals surface area (Å²) < 4.78 is 4.47. The highest BCUT2D eigenvalue weighted by Crippen LogP contribution is 2.27. The fraction of sp³-hybridized carbons (Fsp3) is 0.917. The molecule has 3 heteroatoms. The van der Waals surface area contributed by atoms with Crippen LogP contribution in [0.4, 0.5) is 0 Å². The van der Waals surface area contributed by atoms with Crippen LogP contribution in [0.1, 0.15) is 51.4 Å². The smallest absolute Gasteiger partial charge is 0.334 e. The van der Waals surface area contributed by atoms with Crippen molar-refractivity contribution < 1.29 is 14.6 Å². The highest BCUT2D eigenvalue weighted by Gasteiger charge is 2.17. The van der Waals surface area contributed by atoms with E-state index in [0.29, 0.717) is 6.42 Å². The number of esters is 1. The Morgan fingerprint density at radius 1 is 1.40 bits per heavy atom. The van der Waals surface area contributed by atoms with Crippen molar-refractivity contribution in [2.45, 2.75) is 57.5 Å². The second-order valence-electron chi connectivity index (χ2n) is 4.47. The molecule has 0 spiro atoms. The van der Waals surface area contributed by atoms with Gasteiger partial charge in [-0.2, -0.15) is 0 Å². The molecule has 0 aromatic heterocycles. The summed E-state index contributed by atoms with van der Waals surface area (Å²) in [6.07, 6.45) is 8.44. The van der Waals surface area contributed by atoms with Crippen molar-refractivity contribution in [3.05, 3.63) is 0 Å². The Bertz CT molecular complexity index is 185. The molecular formula is C12H22O3. The minimum Gasteiger partial charge on any atom is -0.467 e. The molecule has 0 heterocycles. The van der Waals surface area contributed by atoms with Crippen molar-refractivity contribution in [3.63, 3.8) is 0 Å². The fourth-order valence-corrected chi connectivity index (χ4v) is 2.33. The van der Waals surface area contributed by atoms with Crippen LogP contribution in [-0.2, 0) is 9.53 Å². The molecule has 1 fully saturated rings. The molecule has 1 atom stereocenters. The summed E-state index contributed by atoms with van der Waals surface area (Å²) in [7, 11) is 1.31. The second kappa shape index (κ2) is 6.83. The van der Waals surface area contributed by atoms with Gasteiger partial charge in [0.05, 0.1) is 7.11 Å². The molecule has 0 aromatic carbocycles. The van der Waals surface area contributed by atoms with Gasteiger partial charge in [0.15, 0.2) is 6.10 Å². The summed E-state index contributed by atoms with van der Waals surface area (Å²) in [5.74, 6) is 0.322. The van der Waals surface area contributed by atoms with E-state index in [2.05, 4.69) is 4.74 Å². The Balaban J connectivity index is 2.07. The third-order valence-corrected chi connectivity index (χ3v) is 3.29. The zero-order chi connectivity index (χ0) is 11.1. The van der Waals surface area contributed by atoms with E-state index in [4.69, 9.17) is 0 Å². The van der Waals surface area contributed by atoms with Gasteiger partial charge in [-0.05, 0) is 18.8 Å². The topological polar surface area (TPSA) is 46.5 Å². The van der Waals surface area contributed by atoms with Gasteiger partial charge in [0, 0.05) is 0 Å². The van der Waals surface area contributed by atoms with Gasteiger partial charge in [-0.1, -0.05) is 38.5 Å². The summed E-state index contributed by atoms with van der Waals surface area (Å²) >= 11 is 0. The standard InChI is InChI=1S/C12H22O3/c1-15-12(14)11(13)9-5-8-10-6-3-2-4-7-10/h10-11,13H,2-9H2,1H3. The van der Waals surface area contributed by atoms with E-state index in [9.17, 15) is 9.90 Å². The number of ether oxygens (including phenoxy) is 1. The molecule has 0 bridgehead atoms. The maximum atomic E-state index is 10.9. The van der Waals surface area contributed by atoms with E-state index in [-0.39, 0.29) is 0 Å². The van der Waals surface area contributed by atoms with Crippen molar-refractivity contribution in [3.8, 4) is 0 Å². The molecule has 0 aliphatic heterocycles. The molecule has 1 N–H and O–H groups in total. The minimum absolute atomic E-state index is 0.501. The van der Waals surface area contributed by atoms with Gasteiger partial charge in [0.1, 0.15) is 0 Å². The molecule has 15 heavy (non-hydrogen) atoms. The van der Waals surface area contributed by atoms with Gasteiger partial charge < -0.3 is 9.84 Å². The molecule has 0 aromatic rings. The zero-order valence-corrected chi connectivity index (χ0v) is 9.58. The van der Waals surface area contributed by atoms with Crippen LogP contribution in [0.3, 0.4) is 0 Å². The van der Waals surface area contributed by atoms with Crippen molar-refractivity contribution in [2.24, 2.45) is 5.92 Å². The summed E-state index contributed by atoms with van der Waals surface area (Å²) in [6.45, 7) is 0. The molecule has 88 valence electrons. The lowest BCUT2D eigenvalue weighted by Gasteiger charge is -2.21. The van der Waals surface area contributed by atoms with E-state index in [1.54, 1.807) is 0 Å². The number of rotatable bonds is 5. The Morgan fingerprint density at radius 2 is 2.07 bits per heavy atom. The fourth-order valence-electron chi connectivity index (χ4n) is 2.33. The summed E-state index contributed by atoms with van der Waals surface area (Å²) in [5, 5.41) is 9.37. The molecule has 1 unspecified atom stereocenters. The lowest BCUT2D eigenvalue weighted by atomic mass is 9.85. The number of hydrogen-bond donors (Lipinski definition) is 1. The zero-order valence-electron chi connectivity index (χ0n) is 9.58. The first-order valence-corrected chi connectivity index (χ1v) is 6.00. The Morgan fingerprint density at radius 3 is 2.67 bits per heavy atom. The highest BCUT2D eigenvalue weighted by molar-refractivity contribution is 5.74. The predicted molar refractivity (Wildman–Crippen MR) is 58.4 cm³/mol. The summed E-state index contributed by atoms with van der Waals surface area (Å²) in [6, 6.07) is 0. The minimum atomic E-state index is -0.918. The molecule has 3 nitrogen and oxygen atoms in total. The summed E-state index contributed by atoms with van der Waals surface area (Å²) in [5.41, 5.74) is 0. The SMILES string of the molecule is COC(=O)C(O)CCCC1CCCCC1. The normalized spacial score (nSPS) is 19.9. The molecule has 0 amide bonds. The van der Waals surface area contributed by atoms with Crippen LogP contribution in [0.25, 0.3) is 0 Å². The van der Waals surface area contributed by atoms with Crippen molar-refractivity contribution in [1.82, 2.24) is 0 Å². The maximum Gasteiger partial charge on any atom is 0.334 e. The monoisotopic (exact) mass is 214 g/mol. The van der Waals surface area contributed by atoms with E-state index in [1.807, 2.05) is 0 Å². The Kier molecular flexibility index (Phi) is 5.69. The first kappa shape index (κ1) is 12.5. The van der Waals surface area contributed by atoms with Gasteiger partial charge >= 0.3 is 5.97 Å². The average molecular weight is 214 g/mol. The quantitative estimate of drug-likeness (QED) is 0.714. The molecule has 1 rings (SSSR count). The van der Waals surface area contributed by atoms with E-state index in [0.717, 1.165) is 18.8 Å². The third kappa shape index (κ3) is 4.65. The van der Waals surface area contributed by atoms with Crippen LogP contribution < -0.4 is 0 Å². The van der Waals surface area contributed by atoms with Crippen molar-refractivity contribution in [1.29, 1.82) is 0 Å². The molecule has 1 aliphatic carbocycles. The van der Waals surface area contributed by atoms with Gasteiger partial charge in [-0.25, -0.2) is 4.79 Å². The van der Waals surface area contributed by atoms with Crippen molar-refractivity contribution >= 4 is 5.97 Å². The number of methoxy groups -OCH3 is 1. The second-order valence-corrected chi connectivity index (χ2v) is 4.47. The largest absolute Gasteiger partial charge is 0.467 e. The van der Waals surface area contributed by atoms with E-state index >= 15 is 0 Å². The molecular weight excluding hydrogens is 192 g/mol. The Hall–Kier alpha value is -0.570. The maximum absolute atomic E-state index is 10.9. The number of carbonyl (C=O) groups is 1. The number of aliphatic hydroxyl groups is 1. The molecule has 0 saturated heterocycles. The third-order valence-electron chi connectivity index (χ3n) is 3.29. The van der Waals surface area contributed by atoms with E-state index in [1.165, 1.54) is 39.2 Å². The summed E-state index contributed by atoms with van der Waals surface area (Å²) in [4.78, 5) is 10.9. The number of hydrogen-bond acceptors (Lipinski definition) is 3. The predicted octanol–water partition coefficient (Wildman–Crippen LogP) is 2.27. The molecule has 0 radical (unpaired) electrons. The van der Waals surface area contributed by atoms with Gasteiger partial charge in [0.25, 0.3) is 0 Å². The van der Waals surface area contributed by atoms with Crippen LogP contribution in [0.5, 0.6) is 0 Å². The highest BCUT2D eigenvalue weighted by atomic mass is 16.5. The van der Waals surface area contributed by atoms with Gasteiger partial charge in [-0.3, -0.25) is 0 Å². The van der Waals surface area contributed by atoms with Crippen LogP contribution >= 0.6 is 0 Å². The molecule has 1 aliphatic rings. The lowest BCUT2D eigenvalue weighted by Crippen LogP contribution is -2.21. The van der Waals surface area contributed by atoms with Crippen LogP contribution in [0.15, 0.2) is 0 Å². The lowest BCUT2D eigenvalue weighted by molar-refractivity contribution is -0.150. The van der Waals surface area contributed by atoms with Crippen LogP contribution in [-0.4, -0.2) is 24.3 Å². The van der Waals surface area contributed by atoms with E-state index < -0.39 is 12.1 Å².